The highest BCUT2D eigenvalue weighted by atomic mass is 16.5. The zero-order chi connectivity index (χ0) is 12.4. The molecular weight excluding hydrogens is 220 g/mol. The van der Waals surface area contributed by atoms with Gasteiger partial charge in [-0.2, -0.15) is 0 Å². The predicted octanol–water partition coefficient (Wildman–Crippen LogP) is 2.38. The van der Waals surface area contributed by atoms with E-state index in [1.807, 2.05) is 0 Å². The van der Waals surface area contributed by atoms with E-state index in [0.717, 1.165) is 0 Å². The van der Waals surface area contributed by atoms with Crippen LogP contribution in [0.2, 0.25) is 0 Å². The maximum absolute atomic E-state index is 10.8. The van der Waals surface area contributed by atoms with Crippen molar-refractivity contribution in [3.63, 3.8) is 0 Å². The summed E-state index contributed by atoms with van der Waals surface area (Å²) >= 11 is 0. The van der Waals surface area contributed by atoms with Crippen LogP contribution in [0.15, 0.2) is 24.3 Å². The molecule has 0 amide bonds. The van der Waals surface area contributed by atoms with Crippen LogP contribution in [-0.2, 0) is 0 Å². The predicted molar refractivity (Wildman–Crippen MR) is 64.1 cm³/mol. The number of aromatic hydroxyl groups is 1. The van der Waals surface area contributed by atoms with E-state index in [-0.39, 0.29) is 5.75 Å². The summed E-state index contributed by atoms with van der Waals surface area (Å²) < 4.78 is 10.4. The van der Waals surface area contributed by atoms with Gasteiger partial charge in [0.1, 0.15) is 12.0 Å². The summed E-state index contributed by atoms with van der Waals surface area (Å²) in [5.74, 6) is 1.11. The molecule has 0 aromatic heterocycles. The Bertz CT molecular complexity index is 575. The van der Waals surface area contributed by atoms with Crippen LogP contribution >= 0.6 is 0 Å². The van der Waals surface area contributed by atoms with Crippen LogP contribution in [0, 0.1) is 0 Å². The van der Waals surface area contributed by atoms with Crippen molar-refractivity contribution >= 4 is 17.1 Å². The second-order valence-electron chi connectivity index (χ2n) is 3.55. The van der Waals surface area contributed by atoms with Gasteiger partial charge in [-0.25, -0.2) is 0 Å². The van der Waals surface area contributed by atoms with Crippen molar-refractivity contribution in [1.29, 1.82) is 0 Å². The summed E-state index contributed by atoms with van der Waals surface area (Å²) in [5, 5.41) is 11.1. The Morgan fingerprint density at radius 2 is 1.88 bits per heavy atom. The summed E-state index contributed by atoms with van der Waals surface area (Å²) in [6.07, 6.45) is 0.679. The third-order valence-corrected chi connectivity index (χ3v) is 2.61. The number of benzene rings is 2. The number of ether oxygens (including phenoxy) is 2. The van der Waals surface area contributed by atoms with Crippen molar-refractivity contribution in [1.82, 2.24) is 0 Å². The molecule has 0 aliphatic carbocycles. The first kappa shape index (κ1) is 11.3. The molecule has 2 aromatic carbocycles. The Hall–Kier alpha value is -2.23. The van der Waals surface area contributed by atoms with Crippen molar-refractivity contribution in [2.45, 2.75) is 0 Å². The van der Waals surface area contributed by atoms with Crippen LogP contribution in [-0.4, -0.2) is 25.6 Å². The molecule has 0 radical (unpaired) electrons. The van der Waals surface area contributed by atoms with E-state index < -0.39 is 0 Å². The van der Waals surface area contributed by atoms with Crippen LogP contribution in [0.5, 0.6) is 17.2 Å². The lowest BCUT2D eigenvalue weighted by molar-refractivity contribution is 0.112. The zero-order valence-corrected chi connectivity index (χ0v) is 9.56. The van der Waals surface area contributed by atoms with Crippen molar-refractivity contribution < 1.29 is 19.4 Å². The monoisotopic (exact) mass is 232 g/mol. The first-order valence-corrected chi connectivity index (χ1v) is 5.04. The molecule has 0 atom stereocenters. The zero-order valence-electron chi connectivity index (χ0n) is 9.56. The minimum absolute atomic E-state index is 0.0468. The summed E-state index contributed by atoms with van der Waals surface area (Å²) in [4.78, 5) is 10.8. The Balaban J connectivity index is 2.86. The van der Waals surface area contributed by atoms with Gasteiger partial charge < -0.3 is 14.6 Å². The minimum atomic E-state index is 0.0468. The normalized spacial score (nSPS) is 10.2. The number of carbonyl (C=O) groups excluding carboxylic acids is 1. The number of phenolic OH excluding ortho intramolecular Hbond substituents is 1. The molecule has 0 spiro atoms. The molecule has 0 aliphatic rings. The molecule has 1 N–H and O–H groups in total. The average molecular weight is 232 g/mol. The minimum Gasteiger partial charge on any atom is -0.507 e. The highest BCUT2D eigenvalue weighted by Gasteiger charge is 2.12. The molecule has 0 unspecified atom stereocenters. The van der Waals surface area contributed by atoms with Gasteiger partial charge in [0.05, 0.1) is 14.2 Å². The van der Waals surface area contributed by atoms with Crippen molar-refractivity contribution in [2.24, 2.45) is 0 Å². The molecule has 2 aromatic rings. The van der Waals surface area contributed by atoms with Gasteiger partial charge in [-0.1, -0.05) is 0 Å². The Morgan fingerprint density at radius 1 is 1.12 bits per heavy atom. The van der Waals surface area contributed by atoms with Gasteiger partial charge in [-0.15, -0.1) is 0 Å². The van der Waals surface area contributed by atoms with Crippen LogP contribution in [0.1, 0.15) is 10.4 Å². The highest BCUT2D eigenvalue weighted by molar-refractivity contribution is 5.98. The number of methoxy groups -OCH3 is 2. The van der Waals surface area contributed by atoms with E-state index >= 15 is 0 Å². The number of fused-ring (bicyclic) bond motifs is 1. The maximum atomic E-state index is 10.8. The summed E-state index contributed by atoms with van der Waals surface area (Å²) in [6, 6.07) is 6.51. The lowest BCUT2D eigenvalue weighted by Crippen LogP contribution is -1.92. The summed E-state index contributed by atoms with van der Waals surface area (Å²) in [5.41, 5.74) is 0.390. The first-order chi connectivity index (χ1) is 8.21. The lowest BCUT2D eigenvalue weighted by atomic mass is 10.0. The first-order valence-electron chi connectivity index (χ1n) is 5.04. The molecule has 4 heteroatoms. The molecule has 2 rings (SSSR count). The smallest absolute Gasteiger partial charge is 0.168 e. The van der Waals surface area contributed by atoms with Gasteiger partial charge in [-0.05, 0) is 24.3 Å². The van der Waals surface area contributed by atoms with Crippen LogP contribution in [0.3, 0.4) is 0 Å². The van der Waals surface area contributed by atoms with E-state index in [0.29, 0.717) is 34.1 Å². The number of hydrogen-bond donors (Lipinski definition) is 1. The molecule has 0 saturated carbocycles. The van der Waals surface area contributed by atoms with Gasteiger partial charge in [0.25, 0.3) is 0 Å². The molecule has 4 nitrogen and oxygen atoms in total. The van der Waals surface area contributed by atoms with E-state index in [4.69, 9.17) is 9.47 Å². The molecule has 88 valence electrons. The van der Waals surface area contributed by atoms with Gasteiger partial charge in [0, 0.05) is 16.3 Å². The van der Waals surface area contributed by atoms with Crippen molar-refractivity contribution in [3.8, 4) is 17.2 Å². The molecule has 0 heterocycles. The highest BCUT2D eigenvalue weighted by Crippen LogP contribution is 2.39. The molecule has 17 heavy (non-hydrogen) atoms. The van der Waals surface area contributed by atoms with Crippen LogP contribution < -0.4 is 9.47 Å². The average Bonchev–Trinajstić information content (AvgIpc) is 2.36. The van der Waals surface area contributed by atoms with Crippen molar-refractivity contribution in [2.75, 3.05) is 14.2 Å². The van der Waals surface area contributed by atoms with E-state index in [2.05, 4.69) is 0 Å². The lowest BCUT2D eigenvalue weighted by Gasteiger charge is -2.11. The van der Waals surface area contributed by atoms with Gasteiger partial charge in [0.15, 0.2) is 11.5 Å². The van der Waals surface area contributed by atoms with E-state index in [1.165, 1.54) is 20.3 Å². The number of carbonyl (C=O) groups is 1. The van der Waals surface area contributed by atoms with E-state index in [9.17, 15) is 9.90 Å². The largest absolute Gasteiger partial charge is 0.507 e. The standard InChI is InChI=1S/C13H12O4/c1-16-12-4-3-9-10(13(12)17-2)5-8(7-14)6-11(9)15/h3-7,15H,1-2H3. The second-order valence-corrected chi connectivity index (χ2v) is 3.55. The number of aldehydes is 1. The van der Waals surface area contributed by atoms with E-state index in [1.54, 1.807) is 18.2 Å². The molecule has 0 bridgehead atoms. The van der Waals surface area contributed by atoms with Gasteiger partial charge in [0.2, 0.25) is 0 Å². The van der Waals surface area contributed by atoms with Gasteiger partial charge >= 0.3 is 0 Å². The quantitative estimate of drug-likeness (QED) is 0.825. The maximum Gasteiger partial charge on any atom is 0.168 e. The number of hydrogen-bond acceptors (Lipinski definition) is 4. The SMILES string of the molecule is COc1ccc2c(O)cc(C=O)cc2c1OC. The number of rotatable bonds is 3. The fraction of sp³-hybridized carbons (Fsp3) is 0.154. The van der Waals surface area contributed by atoms with Crippen LogP contribution in [0.4, 0.5) is 0 Å². The summed E-state index contributed by atoms with van der Waals surface area (Å²) in [6.45, 7) is 0. The third kappa shape index (κ3) is 1.78. The molecule has 0 saturated heterocycles. The fourth-order valence-electron chi connectivity index (χ4n) is 1.83. The second kappa shape index (κ2) is 4.33. The fourth-order valence-corrected chi connectivity index (χ4v) is 1.83. The third-order valence-electron chi connectivity index (χ3n) is 2.61. The molecule has 0 fully saturated rings. The Labute approximate surface area is 98.4 Å². The Morgan fingerprint density at radius 3 is 2.47 bits per heavy atom. The number of phenols is 1. The van der Waals surface area contributed by atoms with Gasteiger partial charge in [-0.3, -0.25) is 4.79 Å². The topological polar surface area (TPSA) is 55.8 Å². The Kier molecular flexibility index (Phi) is 2.87. The summed E-state index contributed by atoms with van der Waals surface area (Å²) in [7, 11) is 3.05. The van der Waals surface area contributed by atoms with Crippen LogP contribution in [0.25, 0.3) is 10.8 Å². The molecular formula is C13H12O4. The molecule has 0 aliphatic heterocycles. The van der Waals surface area contributed by atoms with Crippen molar-refractivity contribution in [3.05, 3.63) is 29.8 Å².